The Labute approximate surface area is 156 Å². The van der Waals surface area contributed by atoms with Crippen molar-refractivity contribution in [1.82, 2.24) is 0 Å². The van der Waals surface area contributed by atoms with Crippen LogP contribution in [0.25, 0.3) is 0 Å². The van der Waals surface area contributed by atoms with Gasteiger partial charge in [-0.25, -0.2) is 0 Å². The molecule has 7 atom stereocenters. The van der Waals surface area contributed by atoms with Crippen LogP contribution in [0, 0.1) is 34.5 Å². The van der Waals surface area contributed by atoms with Gasteiger partial charge >= 0.3 is 0 Å². The molecule has 25 heavy (non-hydrogen) atoms. The molecule has 1 N–H and O–H groups in total. The van der Waals surface area contributed by atoms with Gasteiger partial charge in [0.25, 0.3) is 0 Å². The monoisotopic (exact) mass is 350 g/mol. The standard InChI is InChI=1S/C23H42O2/c1-7-22(5)13-11-17-20(18(22)15-24)19(25-21(2,3)4)14-16-10-8-9-12-23(16,17)6/h16-20,24H,7-15H2,1-6H3/t16?,17?,18?,19-,20?,22-,23-/m0/s1. The zero-order chi connectivity index (χ0) is 18.5. The van der Waals surface area contributed by atoms with Crippen molar-refractivity contribution in [2.75, 3.05) is 6.61 Å². The summed E-state index contributed by atoms with van der Waals surface area (Å²) in [6, 6.07) is 0. The topological polar surface area (TPSA) is 29.5 Å². The average molecular weight is 351 g/mol. The fourth-order valence-electron chi connectivity index (χ4n) is 7.00. The van der Waals surface area contributed by atoms with Gasteiger partial charge in [0.1, 0.15) is 0 Å². The summed E-state index contributed by atoms with van der Waals surface area (Å²) in [4.78, 5) is 0. The van der Waals surface area contributed by atoms with E-state index in [4.69, 9.17) is 4.74 Å². The fourth-order valence-corrected chi connectivity index (χ4v) is 7.00. The fraction of sp³-hybridized carbons (Fsp3) is 1.00. The highest BCUT2D eigenvalue weighted by Gasteiger charge is 2.59. The molecule has 0 amide bonds. The molecule has 0 aromatic carbocycles. The van der Waals surface area contributed by atoms with Crippen LogP contribution in [-0.2, 0) is 4.74 Å². The molecule has 0 spiro atoms. The Kier molecular flexibility index (Phi) is 5.37. The minimum absolute atomic E-state index is 0.0995. The van der Waals surface area contributed by atoms with E-state index in [1.807, 2.05) is 0 Å². The molecule has 0 aromatic heterocycles. The molecule has 2 heteroatoms. The highest BCUT2D eigenvalue weighted by molar-refractivity contribution is 5.08. The average Bonchev–Trinajstić information content (AvgIpc) is 2.54. The van der Waals surface area contributed by atoms with Gasteiger partial charge in [0.15, 0.2) is 0 Å². The maximum atomic E-state index is 10.4. The number of hydrogen-bond donors (Lipinski definition) is 1. The first kappa shape index (κ1) is 19.7. The Hall–Kier alpha value is -0.0800. The second-order valence-corrected chi connectivity index (χ2v) is 11.0. The second-order valence-electron chi connectivity index (χ2n) is 11.0. The summed E-state index contributed by atoms with van der Waals surface area (Å²) in [6.07, 6.45) is 10.9. The van der Waals surface area contributed by atoms with Gasteiger partial charge in [0.05, 0.1) is 11.7 Å². The van der Waals surface area contributed by atoms with Crippen molar-refractivity contribution in [2.45, 2.75) is 105 Å². The molecule has 0 radical (unpaired) electrons. The lowest BCUT2D eigenvalue weighted by Crippen LogP contribution is -2.59. The van der Waals surface area contributed by atoms with Crippen molar-refractivity contribution in [3.8, 4) is 0 Å². The van der Waals surface area contributed by atoms with E-state index in [1.54, 1.807) is 0 Å². The molecule has 3 aliphatic carbocycles. The highest BCUT2D eigenvalue weighted by atomic mass is 16.5. The van der Waals surface area contributed by atoms with Crippen molar-refractivity contribution in [1.29, 1.82) is 0 Å². The van der Waals surface area contributed by atoms with Crippen LogP contribution in [0.2, 0.25) is 0 Å². The van der Waals surface area contributed by atoms with Crippen molar-refractivity contribution < 1.29 is 9.84 Å². The van der Waals surface area contributed by atoms with E-state index in [1.165, 1.54) is 51.4 Å². The van der Waals surface area contributed by atoms with Gasteiger partial charge in [-0.05, 0) is 87.4 Å². The molecule has 0 bridgehead atoms. The third-order valence-electron chi connectivity index (χ3n) is 8.60. The first-order valence-electron chi connectivity index (χ1n) is 10.9. The molecule has 0 aliphatic heterocycles. The van der Waals surface area contributed by atoms with Crippen LogP contribution in [0.1, 0.15) is 92.9 Å². The minimum Gasteiger partial charge on any atom is -0.396 e. The van der Waals surface area contributed by atoms with Crippen LogP contribution in [0.4, 0.5) is 0 Å². The third-order valence-corrected chi connectivity index (χ3v) is 8.60. The predicted molar refractivity (Wildman–Crippen MR) is 104 cm³/mol. The minimum atomic E-state index is -0.0995. The van der Waals surface area contributed by atoms with E-state index in [0.29, 0.717) is 30.0 Å². The molecular weight excluding hydrogens is 308 g/mol. The van der Waals surface area contributed by atoms with Crippen molar-refractivity contribution in [3.63, 3.8) is 0 Å². The number of ether oxygens (including phenoxy) is 1. The van der Waals surface area contributed by atoms with Crippen molar-refractivity contribution >= 4 is 0 Å². The summed E-state index contributed by atoms with van der Waals surface area (Å²) >= 11 is 0. The second kappa shape index (κ2) is 6.82. The molecular formula is C23H42O2. The van der Waals surface area contributed by atoms with Gasteiger partial charge in [-0.2, -0.15) is 0 Å². The van der Waals surface area contributed by atoms with Crippen LogP contribution in [-0.4, -0.2) is 23.4 Å². The SMILES string of the molecule is CC[C@@]1(C)CCC2C(C1CO)[C@@H](OC(C)(C)C)CC1CCCC[C@@]12C. The Balaban J connectivity index is 1.98. The molecule has 146 valence electrons. The predicted octanol–water partition coefficient (Wildman–Crippen LogP) is 5.82. The first-order chi connectivity index (χ1) is 11.6. The van der Waals surface area contributed by atoms with Gasteiger partial charge in [-0.3, -0.25) is 0 Å². The maximum absolute atomic E-state index is 10.4. The number of aliphatic hydroxyl groups excluding tert-OH is 1. The lowest BCUT2D eigenvalue weighted by Gasteiger charge is -2.63. The zero-order valence-electron chi connectivity index (χ0n) is 17.6. The summed E-state index contributed by atoms with van der Waals surface area (Å²) in [5, 5.41) is 10.4. The zero-order valence-corrected chi connectivity index (χ0v) is 17.6. The Morgan fingerprint density at radius 2 is 1.80 bits per heavy atom. The van der Waals surface area contributed by atoms with E-state index < -0.39 is 0 Å². The van der Waals surface area contributed by atoms with Gasteiger partial charge in [-0.15, -0.1) is 0 Å². The molecule has 0 heterocycles. The number of rotatable bonds is 3. The number of fused-ring (bicyclic) bond motifs is 3. The Morgan fingerprint density at radius 3 is 2.40 bits per heavy atom. The normalized spacial score (nSPS) is 47.9. The van der Waals surface area contributed by atoms with E-state index in [9.17, 15) is 5.11 Å². The van der Waals surface area contributed by atoms with Crippen LogP contribution in [0.5, 0.6) is 0 Å². The Bertz CT molecular complexity index is 467. The van der Waals surface area contributed by atoms with Crippen LogP contribution in [0.15, 0.2) is 0 Å². The third kappa shape index (κ3) is 3.43. The summed E-state index contributed by atoms with van der Waals surface area (Å²) in [6.45, 7) is 14.3. The van der Waals surface area contributed by atoms with E-state index >= 15 is 0 Å². The molecule has 3 aliphatic rings. The summed E-state index contributed by atoms with van der Waals surface area (Å²) < 4.78 is 6.70. The van der Waals surface area contributed by atoms with Gasteiger partial charge in [0, 0.05) is 6.61 Å². The molecule has 3 fully saturated rings. The Morgan fingerprint density at radius 1 is 1.08 bits per heavy atom. The lowest BCUT2D eigenvalue weighted by atomic mass is 9.44. The molecule has 3 rings (SSSR count). The van der Waals surface area contributed by atoms with Gasteiger partial charge in [0.2, 0.25) is 0 Å². The summed E-state index contributed by atoms with van der Waals surface area (Å²) in [5.74, 6) is 2.47. The van der Waals surface area contributed by atoms with Crippen LogP contribution < -0.4 is 0 Å². The van der Waals surface area contributed by atoms with Crippen LogP contribution >= 0.6 is 0 Å². The van der Waals surface area contributed by atoms with Crippen molar-refractivity contribution in [3.05, 3.63) is 0 Å². The van der Waals surface area contributed by atoms with E-state index in [0.717, 1.165) is 11.8 Å². The van der Waals surface area contributed by atoms with E-state index in [-0.39, 0.29) is 11.0 Å². The molecule has 0 aromatic rings. The summed E-state index contributed by atoms with van der Waals surface area (Å²) in [7, 11) is 0. The molecule has 4 unspecified atom stereocenters. The number of aliphatic hydroxyl groups is 1. The molecule has 0 saturated heterocycles. The molecule has 3 saturated carbocycles. The maximum Gasteiger partial charge on any atom is 0.0619 e. The largest absolute Gasteiger partial charge is 0.396 e. The summed E-state index contributed by atoms with van der Waals surface area (Å²) in [5.41, 5.74) is 0.647. The number of hydrogen-bond acceptors (Lipinski definition) is 2. The van der Waals surface area contributed by atoms with Gasteiger partial charge < -0.3 is 9.84 Å². The molecule has 2 nitrogen and oxygen atoms in total. The van der Waals surface area contributed by atoms with Gasteiger partial charge in [-0.1, -0.05) is 40.0 Å². The quantitative estimate of drug-likeness (QED) is 0.695. The smallest absolute Gasteiger partial charge is 0.0619 e. The van der Waals surface area contributed by atoms with Crippen LogP contribution in [0.3, 0.4) is 0 Å². The first-order valence-corrected chi connectivity index (χ1v) is 10.9. The lowest BCUT2D eigenvalue weighted by molar-refractivity contribution is -0.211. The van der Waals surface area contributed by atoms with E-state index in [2.05, 4.69) is 41.5 Å². The highest BCUT2D eigenvalue weighted by Crippen LogP contribution is 2.64. The van der Waals surface area contributed by atoms with Crippen molar-refractivity contribution in [2.24, 2.45) is 34.5 Å².